The van der Waals surface area contributed by atoms with Crippen molar-refractivity contribution in [1.82, 2.24) is 4.98 Å². The van der Waals surface area contributed by atoms with Crippen LogP contribution in [0.5, 0.6) is 0 Å². The van der Waals surface area contributed by atoms with Crippen molar-refractivity contribution < 1.29 is 0 Å². The topological polar surface area (TPSA) is 24.9 Å². The predicted octanol–water partition coefficient (Wildman–Crippen LogP) is 4.35. The molecule has 2 nitrogen and oxygen atoms in total. The van der Waals surface area contributed by atoms with Gasteiger partial charge in [0.05, 0.1) is 16.7 Å². The van der Waals surface area contributed by atoms with Crippen LogP contribution in [0.3, 0.4) is 0 Å². The standard InChI is InChI=1S/C13H16N2S2/c1-9(12-8-17-10(2)15-12)14-11-6-4-5-7-13(11)16-3/h4-9,14H,1-3H3. The smallest absolute Gasteiger partial charge is 0.0898 e. The van der Waals surface area contributed by atoms with E-state index in [0.29, 0.717) is 0 Å². The Hall–Kier alpha value is -1.00. The van der Waals surface area contributed by atoms with Gasteiger partial charge in [-0.25, -0.2) is 4.98 Å². The van der Waals surface area contributed by atoms with Gasteiger partial charge in [0.2, 0.25) is 0 Å². The van der Waals surface area contributed by atoms with Gasteiger partial charge in [-0.15, -0.1) is 23.1 Å². The van der Waals surface area contributed by atoms with E-state index in [2.05, 4.69) is 53.1 Å². The minimum absolute atomic E-state index is 0.244. The van der Waals surface area contributed by atoms with Gasteiger partial charge in [0.1, 0.15) is 0 Å². The molecule has 1 heterocycles. The molecular weight excluding hydrogens is 248 g/mol. The third-order valence-corrected chi connectivity index (χ3v) is 4.15. The molecule has 2 rings (SSSR count). The zero-order chi connectivity index (χ0) is 12.3. The lowest BCUT2D eigenvalue weighted by molar-refractivity contribution is 0.841. The zero-order valence-electron chi connectivity index (χ0n) is 10.2. The first kappa shape index (κ1) is 12.5. The number of aromatic nitrogens is 1. The van der Waals surface area contributed by atoms with E-state index in [-0.39, 0.29) is 6.04 Å². The summed E-state index contributed by atoms with van der Waals surface area (Å²) in [6, 6.07) is 8.61. The molecule has 0 aliphatic rings. The Morgan fingerprint density at radius 2 is 2.12 bits per heavy atom. The maximum atomic E-state index is 4.51. The van der Waals surface area contributed by atoms with Crippen LogP contribution in [0.15, 0.2) is 34.5 Å². The van der Waals surface area contributed by atoms with Crippen LogP contribution in [0.2, 0.25) is 0 Å². The van der Waals surface area contributed by atoms with Crippen molar-refractivity contribution in [2.75, 3.05) is 11.6 Å². The number of nitrogens with one attached hydrogen (secondary N) is 1. The van der Waals surface area contributed by atoms with E-state index in [1.54, 1.807) is 23.1 Å². The molecule has 2 aromatic rings. The van der Waals surface area contributed by atoms with Crippen LogP contribution in [-0.4, -0.2) is 11.2 Å². The molecule has 1 unspecified atom stereocenters. The van der Waals surface area contributed by atoms with E-state index in [9.17, 15) is 0 Å². The van der Waals surface area contributed by atoms with Crippen LogP contribution in [0.25, 0.3) is 0 Å². The second kappa shape index (κ2) is 5.56. The van der Waals surface area contributed by atoms with Gasteiger partial charge in [0, 0.05) is 16.0 Å². The molecule has 1 N–H and O–H groups in total. The Balaban J connectivity index is 2.15. The van der Waals surface area contributed by atoms with Crippen molar-refractivity contribution in [3.63, 3.8) is 0 Å². The number of aryl methyl sites for hydroxylation is 1. The zero-order valence-corrected chi connectivity index (χ0v) is 11.9. The second-order valence-corrected chi connectivity index (χ2v) is 5.77. The fourth-order valence-corrected chi connectivity index (χ4v) is 2.92. The molecule has 1 aromatic heterocycles. The molecule has 90 valence electrons. The van der Waals surface area contributed by atoms with Crippen molar-refractivity contribution in [3.8, 4) is 0 Å². The van der Waals surface area contributed by atoms with Crippen LogP contribution in [0.1, 0.15) is 23.7 Å². The van der Waals surface area contributed by atoms with E-state index in [1.807, 2.05) is 6.92 Å². The SMILES string of the molecule is CSc1ccccc1NC(C)c1csc(C)n1. The van der Waals surface area contributed by atoms with E-state index in [1.165, 1.54) is 10.6 Å². The average molecular weight is 264 g/mol. The average Bonchev–Trinajstić information content (AvgIpc) is 2.77. The summed E-state index contributed by atoms with van der Waals surface area (Å²) in [4.78, 5) is 5.78. The van der Waals surface area contributed by atoms with Gasteiger partial charge in [-0.3, -0.25) is 0 Å². The van der Waals surface area contributed by atoms with Crippen molar-refractivity contribution >= 4 is 28.8 Å². The normalized spacial score (nSPS) is 12.4. The Labute approximate surface area is 110 Å². The first-order chi connectivity index (χ1) is 8.20. The number of rotatable bonds is 4. The fourth-order valence-electron chi connectivity index (χ4n) is 1.65. The lowest BCUT2D eigenvalue weighted by atomic mass is 10.2. The summed E-state index contributed by atoms with van der Waals surface area (Å²) in [5.41, 5.74) is 2.29. The molecule has 17 heavy (non-hydrogen) atoms. The first-order valence-corrected chi connectivity index (χ1v) is 7.62. The Bertz CT molecular complexity index is 494. The minimum atomic E-state index is 0.244. The first-order valence-electron chi connectivity index (χ1n) is 5.52. The second-order valence-electron chi connectivity index (χ2n) is 3.86. The number of para-hydroxylation sites is 1. The summed E-state index contributed by atoms with van der Waals surface area (Å²) in [5, 5.41) is 6.75. The molecular formula is C13H16N2S2. The van der Waals surface area contributed by atoms with Gasteiger partial charge in [-0.05, 0) is 32.2 Å². The highest BCUT2D eigenvalue weighted by molar-refractivity contribution is 7.98. The minimum Gasteiger partial charge on any atom is -0.376 e. The van der Waals surface area contributed by atoms with E-state index >= 15 is 0 Å². The monoisotopic (exact) mass is 264 g/mol. The third-order valence-electron chi connectivity index (χ3n) is 2.56. The molecule has 1 aromatic carbocycles. The van der Waals surface area contributed by atoms with Gasteiger partial charge in [-0.1, -0.05) is 12.1 Å². The molecule has 0 saturated carbocycles. The summed E-state index contributed by atoms with van der Waals surface area (Å²) >= 11 is 3.45. The molecule has 0 amide bonds. The quantitative estimate of drug-likeness (QED) is 0.831. The maximum absolute atomic E-state index is 4.51. The maximum Gasteiger partial charge on any atom is 0.0898 e. The molecule has 0 saturated heterocycles. The van der Waals surface area contributed by atoms with Crippen LogP contribution in [0.4, 0.5) is 5.69 Å². The highest BCUT2D eigenvalue weighted by atomic mass is 32.2. The van der Waals surface area contributed by atoms with Gasteiger partial charge in [-0.2, -0.15) is 0 Å². The predicted molar refractivity (Wildman–Crippen MR) is 77.1 cm³/mol. The summed E-state index contributed by atoms with van der Waals surface area (Å²) in [7, 11) is 0. The Kier molecular flexibility index (Phi) is 4.07. The van der Waals surface area contributed by atoms with Gasteiger partial charge in [0.25, 0.3) is 0 Å². The van der Waals surface area contributed by atoms with Crippen molar-refractivity contribution in [2.45, 2.75) is 24.8 Å². The number of benzene rings is 1. The van der Waals surface area contributed by atoms with Gasteiger partial charge in [0.15, 0.2) is 0 Å². The molecule has 4 heteroatoms. The third kappa shape index (κ3) is 3.01. The molecule has 0 radical (unpaired) electrons. The van der Waals surface area contributed by atoms with Crippen LogP contribution in [0, 0.1) is 6.92 Å². The number of hydrogen-bond donors (Lipinski definition) is 1. The lowest BCUT2D eigenvalue weighted by Gasteiger charge is -2.15. The summed E-state index contributed by atoms with van der Waals surface area (Å²) in [6.07, 6.45) is 2.10. The van der Waals surface area contributed by atoms with E-state index in [0.717, 1.165) is 10.7 Å². The number of thioether (sulfide) groups is 1. The highest BCUT2D eigenvalue weighted by Gasteiger charge is 2.10. The van der Waals surface area contributed by atoms with Crippen LogP contribution in [-0.2, 0) is 0 Å². The van der Waals surface area contributed by atoms with Crippen LogP contribution >= 0.6 is 23.1 Å². The summed E-state index contributed by atoms with van der Waals surface area (Å²) in [5.74, 6) is 0. The summed E-state index contributed by atoms with van der Waals surface area (Å²) < 4.78 is 0. The Morgan fingerprint density at radius 1 is 1.35 bits per heavy atom. The molecule has 1 atom stereocenters. The fraction of sp³-hybridized carbons (Fsp3) is 0.308. The summed E-state index contributed by atoms with van der Waals surface area (Å²) in [6.45, 7) is 4.18. The number of anilines is 1. The van der Waals surface area contributed by atoms with E-state index < -0.39 is 0 Å². The molecule has 0 spiro atoms. The number of hydrogen-bond acceptors (Lipinski definition) is 4. The van der Waals surface area contributed by atoms with Gasteiger partial charge < -0.3 is 5.32 Å². The van der Waals surface area contributed by atoms with E-state index in [4.69, 9.17) is 0 Å². The number of thiazole rings is 1. The molecule has 0 bridgehead atoms. The van der Waals surface area contributed by atoms with Crippen molar-refractivity contribution in [3.05, 3.63) is 40.3 Å². The largest absolute Gasteiger partial charge is 0.376 e. The van der Waals surface area contributed by atoms with Gasteiger partial charge >= 0.3 is 0 Å². The van der Waals surface area contributed by atoms with Crippen molar-refractivity contribution in [2.24, 2.45) is 0 Å². The number of nitrogens with zero attached hydrogens (tertiary/aromatic N) is 1. The van der Waals surface area contributed by atoms with Crippen molar-refractivity contribution in [1.29, 1.82) is 0 Å². The van der Waals surface area contributed by atoms with Crippen LogP contribution < -0.4 is 5.32 Å². The Morgan fingerprint density at radius 3 is 2.76 bits per heavy atom. The molecule has 0 aliphatic carbocycles. The molecule has 0 aliphatic heterocycles. The molecule has 0 fully saturated rings. The lowest BCUT2D eigenvalue weighted by Crippen LogP contribution is -2.07. The highest BCUT2D eigenvalue weighted by Crippen LogP contribution is 2.28.